The van der Waals surface area contributed by atoms with Gasteiger partial charge in [-0.25, -0.2) is 0 Å². The normalized spacial score (nSPS) is 13.7. The molecule has 0 radical (unpaired) electrons. The Labute approximate surface area is 341 Å². The first-order valence-electron chi connectivity index (χ1n) is 21.6. The molecule has 320 valence electrons. The Balaban J connectivity index is 4.55. The van der Waals surface area contributed by atoms with Gasteiger partial charge < -0.3 is 33.3 Å². The van der Waals surface area contributed by atoms with E-state index < -0.39 is 24.3 Å². The second-order valence-corrected chi connectivity index (χ2v) is 15.2. The molecule has 0 saturated carbocycles. The molecule has 0 saturated heterocycles. The molecular formula is C47H79NO8. The van der Waals surface area contributed by atoms with E-state index in [0.29, 0.717) is 17.4 Å². The van der Waals surface area contributed by atoms with Crippen LogP contribution in [0.3, 0.4) is 0 Å². The van der Waals surface area contributed by atoms with E-state index in [2.05, 4.69) is 74.6 Å². The van der Waals surface area contributed by atoms with Crippen molar-refractivity contribution in [2.75, 3.05) is 47.5 Å². The van der Waals surface area contributed by atoms with Crippen molar-refractivity contribution in [3.8, 4) is 0 Å². The van der Waals surface area contributed by atoms with E-state index in [9.17, 15) is 19.5 Å². The van der Waals surface area contributed by atoms with E-state index >= 15 is 0 Å². The lowest BCUT2D eigenvalue weighted by Gasteiger charge is -2.26. The highest BCUT2D eigenvalue weighted by Gasteiger charge is 2.21. The monoisotopic (exact) mass is 786 g/mol. The van der Waals surface area contributed by atoms with Gasteiger partial charge in [-0.1, -0.05) is 138 Å². The molecule has 0 bridgehead atoms. The number of carboxylic acids is 1. The number of carbonyl (C=O) groups excluding carboxylic acids is 3. The van der Waals surface area contributed by atoms with E-state index in [1.54, 1.807) is 0 Å². The highest BCUT2D eigenvalue weighted by molar-refractivity contribution is 5.70. The summed E-state index contributed by atoms with van der Waals surface area (Å²) in [6.07, 6.45) is 43.8. The molecule has 56 heavy (non-hydrogen) atoms. The summed E-state index contributed by atoms with van der Waals surface area (Å²) in [5, 5.41) is 11.7. The van der Waals surface area contributed by atoms with Crippen LogP contribution in [0.4, 0.5) is 0 Å². The highest BCUT2D eigenvalue weighted by atomic mass is 16.7. The first kappa shape index (κ1) is 52.7. The molecule has 0 aliphatic carbocycles. The highest BCUT2D eigenvalue weighted by Crippen LogP contribution is 2.12. The Morgan fingerprint density at radius 2 is 1.05 bits per heavy atom. The van der Waals surface area contributed by atoms with Crippen LogP contribution in [0.5, 0.6) is 0 Å². The minimum atomic E-state index is -1.64. The van der Waals surface area contributed by atoms with Gasteiger partial charge in [0.05, 0.1) is 40.3 Å². The average molecular weight is 786 g/mol. The first-order chi connectivity index (χ1) is 27.1. The maximum absolute atomic E-state index is 12.7. The number of unbranched alkanes of at least 4 members (excludes halogenated alkanes) is 11. The number of aliphatic carboxylic acids is 1. The Hall–Kier alpha value is -3.27. The van der Waals surface area contributed by atoms with Crippen LogP contribution in [0.2, 0.25) is 0 Å². The number of nitrogens with zero attached hydrogens (tertiary/aromatic N) is 1. The van der Waals surface area contributed by atoms with Gasteiger partial charge in [0.1, 0.15) is 13.2 Å². The van der Waals surface area contributed by atoms with E-state index in [-0.39, 0.29) is 38.6 Å². The Morgan fingerprint density at radius 3 is 1.59 bits per heavy atom. The molecule has 9 heteroatoms. The number of hydrogen-bond acceptors (Lipinski definition) is 8. The van der Waals surface area contributed by atoms with Gasteiger partial charge in [-0.3, -0.25) is 9.59 Å². The molecule has 0 amide bonds. The molecule has 9 nitrogen and oxygen atoms in total. The number of carboxylic acid groups (broad SMARTS) is 1. The molecule has 0 aromatic heterocycles. The Morgan fingerprint density at radius 1 is 0.554 bits per heavy atom. The number of quaternary nitrogens is 1. The van der Waals surface area contributed by atoms with Crippen LogP contribution in [0.15, 0.2) is 72.9 Å². The first-order valence-corrected chi connectivity index (χ1v) is 21.6. The second-order valence-electron chi connectivity index (χ2n) is 15.2. The topological polar surface area (TPSA) is 111 Å². The van der Waals surface area contributed by atoms with E-state index in [4.69, 9.17) is 18.9 Å². The molecule has 2 unspecified atom stereocenters. The lowest BCUT2D eigenvalue weighted by molar-refractivity contribution is -0.870. The fourth-order valence-corrected chi connectivity index (χ4v) is 5.34. The standard InChI is InChI=1S/C47H79NO8/c1-6-8-10-12-14-16-18-20-21-22-23-24-26-27-29-31-33-35-37-44(49)54-41-43(42-55-47(46(51)52)53-40-39-48(3,4)5)56-45(50)38-36-34-32-30-28-25-19-17-15-13-11-9-7-2/h9,11,15-18,21-22,25,28,32,34,43,47H,6-8,10,12-14,19-20,23-24,26-27,29-31,33,35-42H2,1-5H3/b11-9-,17-15-,18-16-,22-21-,28-25-,34-32-. The summed E-state index contributed by atoms with van der Waals surface area (Å²) in [7, 11) is 5.87. The van der Waals surface area contributed by atoms with Crippen molar-refractivity contribution in [2.45, 2.75) is 161 Å². The van der Waals surface area contributed by atoms with Gasteiger partial charge >= 0.3 is 11.9 Å². The maximum Gasteiger partial charge on any atom is 0.306 e. The van der Waals surface area contributed by atoms with Crippen LogP contribution in [0.1, 0.15) is 149 Å². The van der Waals surface area contributed by atoms with Crippen LogP contribution in [0.25, 0.3) is 0 Å². The quantitative estimate of drug-likeness (QED) is 0.0200. The van der Waals surface area contributed by atoms with Crippen molar-refractivity contribution in [1.29, 1.82) is 0 Å². The van der Waals surface area contributed by atoms with Crippen LogP contribution in [-0.4, -0.2) is 82.3 Å². The third-order valence-corrected chi connectivity index (χ3v) is 8.70. The van der Waals surface area contributed by atoms with Crippen molar-refractivity contribution in [1.82, 2.24) is 0 Å². The lowest BCUT2D eigenvalue weighted by atomic mass is 10.1. The number of likely N-dealkylation sites (N-methyl/N-ethyl adjacent to an activating group) is 1. The number of carbonyl (C=O) groups is 3. The van der Waals surface area contributed by atoms with E-state index in [0.717, 1.165) is 64.2 Å². The number of ether oxygens (including phenoxy) is 4. The molecule has 0 N–H and O–H groups in total. The summed E-state index contributed by atoms with van der Waals surface area (Å²) >= 11 is 0. The van der Waals surface area contributed by atoms with Crippen molar-refractivity contribution in [3.63, 3.8) is 0 Å². The van der Waals surface area contributed by atoms with Gasteiger partial charge in [-0.15, -0.1) is 0 Å². The summed E-state index contributed by atoms with van der Waals surface area (Å²) in [6, 6.07) is 0. The van der Waals surface area contributed by atoms with Gasteiger partial charge in [0.15, 0.2) is 12.4 Å². The van der Waals surface area contributed by atoms with Gasteiger partial charge in [-0.05, 0) is 70.6 Å². The predicted octanol–water partition coefficient (Wildman–Crippen LogP) is 9.83. The fraction of sp³-hybridized carbons (Fsp3) is 0.681. The van der Waals surface area contributed by atoms with Crippen LogP contribution in [-0.2, 0) is 33.3 Å². The van der Waals surface area contributed by atoms with Gasteiger partial charge in [0.2, 0.25) is 0 Å². The van der Waals surface area contributed by atoms with Gasteiger partial charge in [0.25, 0.3) is 0 Å². The van der Waals surface area contributed by atoms with Crippen LogP contribution in [0, 0.1) is 0 Å². The molecule has 2 atom stereocenters. The third kappa shape index (κ3) is 39.0. The predicted molar refractivity (Wildman–Crippen MR) is 228 cm³/mol. The fourth-order valence-electron chi connectivity index (χ4n) is 5.34. The molecule has 0 aliphatic heterocycles. The third-order valence-electron chi connectivity index (χ3n) is 8.70. The van der Waals surface area contributed by atoms with E-state index in [1.807, 2.05) is 33.3 Å². The lowest BCUT2D eigenvalue weighted by Crippen LogP contribution is -2.44. The number of allylic oxidation sites excluding steroid dienone is 12. The summed E-state index contributed by atoms with van der Waals surface area (Å²) in [5.74, 6) is -2.42. The molecule has 0 aromatic rings. The molecule has 0 spiro atoms. The Bertz CT molecular complexity index is 1150. The number of rotatable bonds is 38. The van der Waals surface area contributed by atoms with Crippen molar-refractivity contribution >= 4 is 17.9 Å². The zero-order valence-corrected chi connectivity index (χ0v) is 36.0. The largest absolute Gasteiger partial charge is 0.545 e. The molecular weight excluding hydrogens is 707 g/mol. The summed E-state index contributed by atoms with van der Waals surface area (Å²) in [5.41, 5.74) is 0. The van der Waals surface area contributed by atoms with Crippen molar-refractivity contribution < 1.29 is 42.9 Å². The zero-order valence-electron chi connectivity index (χ0n) is 36.0. The molecule has 0 fully saturated rings. The van der Waals surface area contributed by atoms with Crippen LogP contribution >= 0.6 is 0 Å². The van der Waals surface area contributed by atoms with Crippen molar-refractivity contribution in [3.05, 3.63) is 72.9 Å². The average Bonchev–Trinajstić information content (AvgIpc) is 3.15. The van der Waals surface area contributed by atoms with Crippen LogP contribution < -0.4 is 5.11 Å². The minimum Gasteiger partial charge on any atom is -0.545 e. The molecule has 0 aliphatic rings. The summed E-state index contributed by atoms with van der Waals surface area (Å²) in [6.45, 7) is 4.48. The Kier molecular flexibility index (Phi) is 36.3. The molecule has 0 rings (SSSR count). The van der Waals surface area contributed by atoms with Gasteiger partial charge in [-0.2, -0.15) is 0 Å². The summed E-state index contributed by atoms with van der Waals surface area (Å²) in [4.78, 5) is 36.9. The maximum atomic E-state index is 12.7. The minimum absolute atomic E-state index is 0.121. The van der Waals surface area contributed by atoms with Gasteiger partial charge in [0, 0.05) is 12.8 Å². The number of esters is 2. The number of hydrogen-bond donors (Lipinski definition) is 0. The SMILES string of the molecule is CC/C=C\C/C=C\C/C=C\C/C=C\CCC(=O)OC(COC(=O)CCCCCCCCC/C=C\C/C=C\CCCCCC)COC(OCC[N+](C)(C)C)C(=O)[O-]. The van der Waals surface area contributed by atoms with Crippen molar-refractivity contribution in [2.24, 2.45) is 0 Å². The van der Waals surface area contributed by atoms with E-state index in [1.165, 1.54) is 51.4 Å². The second kappa shape index (κ2) is 38.6. The summed E-state index contributed by atoms with van der Waals surface area (Å²) < 4.78 is 22.4. The molecule has 0 aromatic carbocycles. The molecule has 0 heterocycles. The zero-order chi connectivity index (χ0) is 41.4. The smallest absolute Gasteiger partial charge is 0.306 e.